The Morgan fingerprint density at radius 2 is 2.11 bits per heavy atom. The van der Waals surface area contributed by atoms with Crippen molar-refractivity contribution in [1.29, 1.82) is 0 Å². The molecule has 0 fully saturated rings. The van der Waals surface area contributed by atoms with E-state index >= 15 is 0 Å². The Balaban J connectivity index is 2.01. The van der Waals surface area contributed by atoms with Crippen LogP contribution in [-0.2, 0) is 7.05 Å². The molecule has 0 aliphatic heterocycles. The molecule has 0 spiro atoms. The van der Waals surface area contributed by atoms with Crippen LogP contribution in [0.3, 0.4) is 0 Å². The average molecular weight is 257 g/mol. The smallest absolute Gasteiger partial charge is 0.300 e. The Morgan fingerprint density at radius 1 is 1.32 bits per heavy atom. The summed E-state index contributed by atoms with van der Waals surface area (Å²) < 4.78 is 7.58. The number of aryl methyl sites for hydroxylation is 2. The lowest BCUT2D eigenvalue weighted by Crippen LogP contribution is -1.93. The molecule has 98 valence electrons. The van der Waals surface area contributed by atoms with Gasteiger partial charge in [0.15, 0.2) is 5.75 Å². The molecule has 2 heterocycles. The SMILES string of the molecule is Cc1nn(C)c(C)c1Oc1nc2ccc(N)cc2[nH]1. The van der Waals surface area contributed by atoms with E-state index in [-0.39, 0.29) is 0 Å². The highest BCUT2D eigenvalue weighted by Gasteiger charge is 2.13. The quantitative estimate of drug-likeness (QED) is 0.690. The summed E-state index contributed by atoms with van der Waals surface area (Å²) in [6.07, 6.45) is 0. The summed E-state index contributed by atoms with van der Waals surface area (Å²) in [5.41, 5.74) is 9.89. The van der Waals surface area contributed by atoms with E-state index in [2.05, 4.69) is 15.1 Å². The predicted molar refractivity (Wildman–Crippen MR) is 73.3 cm³/mol. The van der Waals surface area contributed by atoms with Gasteiger partial charge < -0.3 is 15.5 Å². The molecule has 0 radical (unpaired) electrons. The molecule has 6 nitrogen and oxygen atoms in total. The van der Waals surface area contributed by atoms with Crippen LogP contribution in [0.15, 0.2) is 18.2 Å². The van der Waals surface area contributed by atoms with Gasteiger partial charge in [-0.1, -0.05) is 0 Å². The second kappa shape index (κ2) is 4.01. The molecule has 0 atom stereocenters. The summed E-state index contributed by atoms with van der Waals surface area (Å²) in [7, 11) is 1.88. The fourth-order valence-electron chi connectivity index (χ4n) is 2.05. The normalized spacial score (nSPS) is 11.1. The number of H-pyrrole nitrogens is 1. The number of nitrogens with two attached hydrogens (primary N) is 1. The lowest BCUT2D eigenvalue weighted by Gasteiger charge is -2.01. The van der Waals surface area contributed by atoms with Gasteiger partial charge in [-0.15, -0.1) is 0 Å². The molecule has 0 saturated heterocycles. The number of nitrogens with zero attached hydrogens (tertiary/aromatic N) is 3. The summed E-state index contributed by atoms with van der Waals surface area (Å²) >= 11 is 0. The molecule has 6 heteroatoms. The summed E-state index contributed by atoms with van der Waals surface area (Å²) in [5.74, 6) is 0.731. The number of hydrogen-bond donors (Lipinski definition) is 2. The molecule has 2 aromatic heterocycles. The predicted octanol–water partition coefficient (Wildman–Crippen LogP) is 2.29. The number of nitrogen functional groups attached to an aromatic ring is 1. The van der Waals surface area contributed by atoms with Gasteiger partial charge in [-0.05, 0) is 32.0 Å². The maximum atomic E-state index is 5.79. The Hall–Kier alpha value is -2.50. The highest BCUT2D eigenvalue weighted by Crippen LogP contribution is 2.28. The van der Waals surface area contributed by atoms with Crippen molar-refractivity contribution < 1.29 is 4.74 Å². The topological polar surface area (TPSA) is 81.8 Å². The average Bonchev–Trinajstić information content (AvgIpc) is 2.85. The van der Waals surface area contributed by atoms with Gasteiger partial charge in [-0.3, -0.25) is 4.68 Å². The zero-order valence-corrected chi connectivity index (χ0v) is 11.1. The van der Waals surface area contributed by atoms with Crippen molar-refractivity contribution in [3.05, 3.63) is 29.6 Å². The third-order valence-electron chi connectivity index (χ3n) is 3.13. The largest absolute Gasteiger partial charge is 0.422 e. The molecule has 1 aromatic carbocycles. The number of aromatic amines is 1. The molecule has 0 unspecified atom stereocenters. The van der Waals surface area contributed by atoms with Gasteiger partial charge in [0, 0.05) is 12.7 Å². The first-order chi connectivity index (χ1) is 9.04. The molecule has 0 aliphatic rings. The van der Waals surface area contributed by atoms with E-state index in [0.717, 1.165) is 28.2 Å². The number of hydrogen-bond acceptors (Lipinski definition) is 4. The third kappa shape index (κ3) is 1.91. The number of anilines is 1. The lowest BCUT2D eigenvalue weighted by atomic mass is 10.3. The zero-order valence-electron chi connectivity index (χ0n) is 11.1. The van der Waals surface area contributed by atoms with E-state index in [1.54, 1.807) is 4.68 Å². The van der Waals surface area contributed by atoms with Crippen LogP contribution in [-0.4, -0.2) is 19.7 Å². The van der Waals surface area contributed by atoms with Crippen LogP contribution in [0.2, 0.25) is 0 Å². The van der Waals surface area contributed by atoms with E-state index in [1.165, 1.54) is 0 Å². The fraction of sp³-hybridized carbons (Fsp3) is 0.231. The highest BCUT2D eigenvalue weighted by molar-refractivity contribution is 5.79. The zero-order chi connectivity index (χ0) is 13.6. The molecule has 3 N–H and O–H groups in total. The first kappa shape index (κ1) is 11.6. The minimum Gasteiger partial charge on any atom is -0.422 e. The van der Waals surface area contributed by atoms with Gasteiger partial charge in [0.2, 0.25) is 0 Å². The molecule has 3 rings (SSSR count). The highest BCUT2D eigenvalue weighted by atomic mass is 16.5. The molecule has 0 bridgehead atoms. The van der Waals surface area contributed by atoms with Gasteiger partial charge in [0.05, 0.1) is 16.7 Å². The molecule has 19 heavy (non-hydrogen) atoms. The van der Waals surface area contributed by atoms with Crippen molar-refractivity contribution in [2.24, 2.45) is 7.05 Å². The van der Waals surface area contributed by atoms with Crippen molar-refractivity contribution in [2.75, 3.05) is 5.73 Å². The van der Waals surface area contributed by atoms with Gasteiger partial charge in [-0.2, -0.15) is 10.1 Å². The van der Waals surface area contributed by atoms with Crippen molar-refractivity contribution in [1.82, 2.24) is 19.7 Å². The lowest BCUT2D eigenvalue weighted by molar-refractivity contribution is 0.442. The van der Waals surface area contributed by atoms with Crippen molar-refractivity contribution >= 4 is 16.7 Å². The Morgan fingerprint density at radius 3 is 2.79 bits per heavy atom. The Bertz CT molecular complexity index is 756. The van der Waals surface area contributed by atoms with E-state index in [4.69, 9.17) is 10.5 Å². The van der Waals surface area contributed by atoms with Crippen LogP contribution in [0.4, 0.5) is 5.69 Å². The van der Waals surface area contributed by atoms with Crippen LogP contribution in [0.25, 0.3) is 11.0 Å². The van der Waals surface area contributed by atoms with Crippen molar-refractivity contribution in [3.63, 3.8) is 0 Å². The van der Waals surface area contributed by atoms with Gasteiger partial charge >= 0.3 is 0 Å². The van der Waals surface area contributed by atoms with E-state index in [1.807, 2.05) is 39.1 Å². The molecule has 0 aliphatic carbocycles. The number of aromatic nitrogens is 4. The fourth-order valence-corrected chi connectivity index (χ4v) is 2.05. The maximum Gasteiger partial charge on any atom is 0.300 e. The number of ether oxygens (including phenoxy) is 1. The Kier molecular flexibility index (Phi) is 2.45. The Labute approximate surface area is 110 Å². The maximum absolute atomic E-state index is 5.79. The number of imidazole rings is 1. The minimum atomic E-state index is 0.444. The van der Waals surface area contributed by atoms with Crippen LogP contribution in [0.5, 0.6) is 11.8 Å². The van der Waals surface area contributed by atoms with Crippen LogP contribution < -0.4 is 10.5 Å². The third-order valence-corrected chi connectivity index (χ3v) is 3.13. The first-order valence-corrected chi connectivity index (χ1v) is 5.98. The van der Waals surface area contributed by atoms with Gasteiger partial charge in [0.25, 0.3) is 6.01 Å². The summed E-state index contributed by atoms with van der Waals surface area (Å²) in [6.45, 7) is 3.86. The summed E-state index contributed by atoms with van der Waals surface area (Å²) in [5, 5.41) is 4.30. The van der Waals surface area contributed by atoms with Crippen molar-refractivity contribution in [2.45, 2.75) is 13.8 Å². The van der Waals surface area contributed by atoms with E-state index < -0.39 is 0 Å². The number of benzene rings is 1. The number of rotatable bonds is 2. The summed E-state index contributed by atoms with van der Waals surface area (Å²) in [6, 6.07) is 5.95. The number of nitrogens with one attached hydrogen (secondary N) is 1. The van der Waals surface area contributed by atoms with Crippen LogP contribution in [0.1, 0.15) is 11.4 Å². The van der Waals surface area contributed by atoms with Gasteiger partial charge in [-0.25, -0.2) is 0 Å². The molecule has 0 saturated carbocycles. The van der Waals surface area contributed by atoms with Crippen LogP contribution in [0, 0.1) is 13.8 Å². The van der Waals surface area contributed by atoms with E-state index in [9.17, 15) is 0 Å². The standard InChI is InChI=1S/C13H15N5O/c1-7-12(8(2)18(3)17-7)19-13-15-10-5-4-9(14)6-11(10)16-13/h4-6H,14H2,1-3H3,(H,15,16). The molecule has 3 aromatic rings. The van der Waals surface area contributed by atoms with Crippen molar-refractivity contribution in [3.8, 4) is 11.8 Å². The molecule has 0 amide bonds. The second-order valence-electron chi connectivity index (χ2n) is 4.54. The van der Waals surface area contributed by atoms with E-state index in [0.29, 0.717) is 11.7 Å². The van der Waals surface area contributed by atoms with Gasteiger partial charge in [0.1, 0.15) is 5.69 Å². The number of fused-ring (bicyclic) bond motifs is 1. The first-order valence-electron chi connectivity index (χ1n) is 5.98. The minimum absolute atomic E-state index is 0.444. The monoisotopic (exact) mass is 257 g/mol. The van der Waals surface area contributed by atoms with Crippen LogP contribution >= 0.6 is 0 Å². The summed E-state index contributed by atoms with van der Waals surface area (Å²) in [4.78, 5) is 7.47. The molecular weight excluding hydrogens is 242 g/mol. The molecular formula is C13H15N5O. The second-order valence-corrected chi connectivity index (χ2v) is 4.54.